The summed E-state index contributed by atoms with van der Waals surface area (Å²) < 4.78 is 43.5. The molecule has 0 aliphatic heterocycles. The average molecular weight is 301 g/mol. The fourth-order valence-corrected chi connectivity index (χ4v) is 1.81. The van der Waals surface area contributed by atoms with E-state index in [-0.39, 0.29) is 17.1 Å². The normalized spacial score (nSPS) is 11.2. The van der Waals surface area contributed by atoms with E-state index in [4.69, 9.17) is 16.3 Å². The van der Waals surface area contributed by atoms with E-state index in [0.717, 1.165) is 12.1 Å². The van der Waals surface area contributed by atoms with Crippen molar-refractivity contribution in [3.8, 4) is 11.5 Å². The van der Waals surface area contributed by atoms with Crippen LogP contribution in [0.5, 0.6) is 11.5 Å². The molecule has 2 rings (SSSR count). The molecule has 0 bridgehead atoms. The number of aldehydes is 1. The van der Waals surface area contributed by atoms with Gasteiger partial charge < -0.3 is 4.74 Å². The molecule has 0 aliphatic carbocycles. The molecule has 104 valence electrons. The zero-order valence-corrected chi connectivity index (χ0v) is 10.7. The van der Waals surface area contributed by atoms with E-state index in [2.05, 4.69) is 0 Å². The summed E-state index contributed by atoms with van der Waals surface area (Å²) in [5.41, 5.74) is -0.740. The summed E-state index contributed by atoms with van der Waals surface area (Å²) in [7, 11) is 0. The molecule has 2 nitrogen and oxygen atoms in total. The lowest BCUT2D eigenvalue weighted by Gasteiger charge is -2.12. The maximum absolute atomic E-state index is 12.7. The summed E-state index contributed by atoms with van der Waals surface area (Å²) in [6, 6.07) is 9.43. The molecule has 0 aromatic heterocycles. The molecule has 0 spiro atoms. The maximum atomic E-state index is 12.7. The minimum absolute atomic E-state index is 0.0453. The molecule has 0 amide bonds. The lowest BCUT2D eigenvalue weighted by Crippen LogP contribution is -2.06. The van der Waals surface area contributed by atoms with Gasteiger partial charge in [-0.15, -0.1) is 0 Å². The molecule has 0 aliphatic rings. The molecule has 2 aromatic carbocycles. The Bertz CT molecular complexity index is 639. The number of alkyl halides is 3. The van der Waals surface area contributed by atoms with Crippen LogP contribution in [0.4, 0.5) is 13.2 Å². The van der Waals surface area contributed by atoms with E-state index >= 15 is 0 Å². The zero-order chi connectivity index (χ0) is 14.8. The highest BCUT2D eigenvalue weighted by molar-refractivity contribution is 6.31. The van der Waals surface area contributed by atoms with Crippen molar-refractivity contribution in [2.75, 3.05) is 0 Å². The van der Waals surface area contributed by atoms with Crippen LogP contribution in [-0.2, 0) is 6.18 Å². The van der Waals surface area contributed by atoms with Crippen molar-refractivity contribution in [3.05, 3.63) is 58.6 Å². The Labute approximate surface area is 117 Å². The van der Waals surface area contributed by atoms with Crippen molar-refractivity contribution < 1.29 is 22.7 Å². The van der Waals surface area contributed by atoms with Crippen LogP contribution >= 0.6 is 11.6 Å². The summed E-state index contributed by atoms with van der Waals surface area (Å²) in [5, 5.41) is -0.409. The van der Waals surface area contributed by atoms with E-state index in [9.17, 15) is 18.0 Å². The number of halogens is 4. The van der Waals surface area contributed by atoms with Crippen molar-refractivity contribution in [3.63, 3.8) is 0 Å². The zero-order valence-electron chi connectivity index (χ0n) is 9.95. The molecule has 0 heterocycles. The molecule has 0 atom stereocenters. The number of rotatable bonds is 3. The van der Waals surface area contributed by atoms with Crippen LogP contribution in [0.3, 0.4) is 0 Å². The Kier molecular flexibility index (Phi) is 3.99. The second-order valence-corrected chi connectivity index (χ2v) is 4.30. The van der Waals surface area contributed by atoms with Gasteiger partial charge in [0.15, 0.2) is 6.29 Å². The first-order valence-corrected chi connectivity index (χ1v) is 5.88. The van der Waals surface area contributed by atoms with Gasteiger partial charge in [0, 0.05) is 0 Å². The van der Waals surface area contributed by atoms with Gasteiger partial charge in [0.1, 0.15) is 11.5 Å². The Hall–Kier alpha value is -2.01. The predicted molar refractivity (Wildman–Crippen MR) is 68.4 cm³/mol. The molecule has 2 aromatic rings. The summed E-state index contributed by atoms with van der Waals surface area (Å²) in [5.74, 6) is 0.133. The van der Waals surface area contributed by atoms with Crippen LogP contribution in [-0.4, -0.2) is 6.29 Å². The molecule has 0 saturated carbocycles. The second-order valence-electron chi connectivity index (χ2n) is 3.90. The van der Waals surface area contributed by atoms with Gasteiger partial charge in [0.2, 0.25) is 0 Å². The fourth-order valence-electron chi connectivity index (χ4n) is 1.58. The van der Waals surface area contributed by atoms with Gasteiger partial charge in [-0.25, -0.2) is 0 Å². The van der Waals surface area contributed by atoms with Crippen molar-refractivity contribution in [2.24, 2.45) is 0 Å². The predicted octanol–water partition coefficient (Wildman–Crippen LogP) is 4.96. The number of carbonyl (C=O) groups is 1. The average Bonchev–Trinajstić information content (AvgIpc) is 2.40. The molecule has 20 heavy (non-hydrogen) atoms. The fraction of sp³-hybridized carbons (Fsp3) is 0.0714. The van der Waals surface area contributed by atoms with Crippen LogP contribution < -0.4 is 4.74 Å². The third-order valence-electron chi connectivity index (χ3n) is 2.52. The molecule has 0 fully saturated rings. The van der Waals surface area contributed by atoms with Gasteiger partial charge in [0.05, 0.1) is 16.1 Å². The SMILES string of the molecule is O=Cc1ccccc1Oc1ccc(Cl)c(C(F)(F)F)c1. The molecule has 0 N–H and O–H groups in total. The number of para-hydroxylation sites is 1. The number of hydrogen-bond donors (Lipinski definition) is 0. The van der Waals surface area contributed by atoms with Crippen LogP contribution in [0.1, 0.15) is 15.9 Å². The van der Waals surface area contributed by atoms with Gasteiger partial charge in [0.25, 0.3) is 0 Å². The van der Waals surface area contributed by atoms with E-state index in [1.807, 2.05) is 0 Å². The van der Waals surface area contributed by atoms with Crippen LogP contribution in [0.25, 0.3) is 0 Å². The lowest BCUT2D eigenvalue weighted by molar-refractivity contribution is -0.137. The molecule has 6 heteroatoms. The van der Waals surface area contributed by atoms with Gasteiger partial charge in [-0.2, -0.15) is 13.2 Å². The van der Waals surface area contributed by atoms with E-state index in [0.29, 0.717) is 6.29 Å². The smallest absolute Gasteiger partial charge is 0.417 e. The summed E-state index contributed by atoms with van der Waals surface area (Å²) in [6.45, 7) is 0. The first kappa shape index (κ1) is 14.4. The Balaban J connectivity index is 2.38. The quantitative estimate of drug-likeness (QED) is 0.749. The molecule has 0 radical (unpaired) electrons. The van der Waals surface area contributed by atoms with E-state index in [1.54, 1.807) is 12.1 Å². The maximum Gasteiger partial charge on any atom is 0.417 e. The van der Waals surface area contributed by atoms with Crippen LogP contribution in [0.2, 0.25) is 5.02 Å². The van der Waals surface area contributed by atoms with Crippen LogP contribution in [0, 0.1) is 0 Å². The highest BCUT2D eigenvalue weighted by Gasteiger charge is 2.33. The van der Waals surface area contributed by atoms with Crippen molar-refractivity contribution in [2.45, 2.75) is 6.18 Å². The second kappa shape index (κ2) is 5.54. The molecule has 0 saturated heterocycles. The van der Waals surface area contributed by atoms with Gasteiger partial charge in [-0.3, -0.25) is 4.79 Å². The number of benzene rings is 2. The van der Waals surface area contributed by atoms with Gasteiger partial charge >= 0.3 is 6.18 Å². The number of ether oxygens (including phenoxy) is 1. The highest BCUT2D eigenvalue weighted by atomic mass is 35.5. The largest absolute Gasteiger partial charge is 0.457 e. The summed E-state index contributed by atoms with van der Waals surface area (Å²) in [4.78, 5) is 10.8. The third kappa shape index (κ3) is 3.11. The van der Waals surface area contributed by atoms with Crippen molar-refractivity contribution in [1.82, 2.24) is 0 Å². The molecule has 0 unspecified atom stereocenters. The Morgan fingerprint density at radius 2 is 1.80 bits per heavy atom. The van der Waals surface area contributed by atoms with Crippen molar-refractivity contribution in [1.29, 1.82) is 0 Å². The van der Waals surface area contributed by atoms with Crippen molar-refractivity contribution >= 4 is 17.9 Å². The first-order valence-electron chi connectivity index (χ1n) is 5.50. The molecular formula is C14H8ClF3O2. The van der Waals surface area contributed by atoms with Gasteiger partial charge in [-0.05, 0) is 30.3 Å². The first-order chi connectivity index (χ1) is 9.41. The minimum Gasteiger partial charge on any atom is -0.457 e. The number of hydrogen-bond acceptors (Lipinski definition) is 2. The monoisotopic (exact) mass is 300 g/mol. The Morgan fingerprint density at radius 3 is 2.45 bits per heavy atom. The third-order valence-corrected chi connectivity index (χ3v) is 2.85. The topological polar surface area (TPSA) is 26.3 Å². The van der Waals surface area contributed by atoms with Gasteiger partial charge in [-0.1, -0.05) is 23.7 Å². The summed E-state index contributed by atoms with van der Waals surface area (Å²) in [6.07, 6.45) is -4.00. The summed E-state index contributed by atoms with van der Waals surface area (Å²) >= 11 is 5.51. The Morgan fingerprint density at radius 1 is 1.10 bits per heavy atom. The minimum atomic E-state index is -4.57. The van der Waals surface area contributed by atoms with Crippen LogP contribution in [0.15, 0.2) is 42.5 Å². The van der Waals surface area contributed by atoms with E-state index in [1.165, 1.54) is 18.2 Å². The number of carbonyl (C=O) groups excluding carboxylic acids is 1. The molecular weight excluding hydrogens is 293 g/mol. The lowest BCUT2D eigenvalue weighted by atomic mass is 10.2. The van der Waals surface area contributed by atoms with E-state index < -0.39 is 16.8 Å². The standard InChI is InChI=1S/C14H8ClF3O2/c15-12-6-5-10(7-11(12)14(16,17)18)20-13-4-2-1-3-9(13)8-19/h1-8H. The highest BCUT2D eigenvalue weighted by Crippen LogP contribution is 2.37.